The predicted molar refractivity (Wildman–Crippen MR) is 112 cm³/mol. The zero-order chi connectivity index (χ0) is 20.3. The van der Waals surface area contributed by atoms with Crippen LogP contribution in [0.15, 0.2) is 71.6 Å². The summed E-state index contributed by atoms with van der Waals surface area (Å²) in [6.45, 7) is 0.759. The normalized spacial score (nSPS) is 15.9. The number of carbonyl (C=O) groups excluding carboxylic acids is 1. The summed E-state index contributed by atoms with van der Waals surface area (Å²) >= 11 is 0. The Bertz CT molecular complexity index is 1130. The lowest BCUT2D eigenvalue weighted by Crippen LogP contribution is -2.35. The molecule has 4 aromatic rings. The lowest BCUT2D eigenvalue weighted by Gasteiger charge is -2.16. The number of hydrogen-bond acceptors (Lipinski definition) is 5. The Morgan fingerprint density at radius 3 is 2.70 bits per heavy atom. The molecule has 0 saturated carbocycles. The standard InChI is InChI=1S/C23H21N5O2/c29-23(17-7-5-16(6-8-17)20-4-2-14-30-20)25-19-9-10-21-26-27-22(28(21)13-11-19)18-3-1-12-24-15-18/h1-8,12,14-15,19H,9-11,13H2,(H,25,29). The number of amides is 1. The highest BCUT2D eigenvalue weighted by atomic mass is 16.3. The van der Waals surface area contributed by atoms with Crippen LogP contribution in [0.4, 0.5) is 0 Å². The number of hydrogen-bond donors (Lipinski definition) is 1. The predicted octanol–water partition coefficient (Wildman–Crippen LogP) is 3.74. The molecule has 1 aliphatic rings. The fourth-order valence-electron chi connectivity index (χ4n) is 3.84. The van der Waals surface area contributed by atoms with Crippen LogP contribution < -0.4 is 5.32 Å². The molecule has 150 valence electrons. The van der Waals surface area contributed by atoms with E-state index in [4.69, 9.17) is 4.42 Å². The van der Waals surface area contributed by atoms with E-state index in [-0.39, 0.29) is 11.9 Å². The number of furan rings is 1. The van der Waals surface area contributed by atoms with Crippen molar-refractivity contribution in [1.82, 2.24) is 25.1 Å². The van der Waals surface area contributed by atoms with Gasteiger partial charge in [-0.3, -0.25) is 9.78 Å². The largest absolute Gasteiger partial charge is 0.464 e. The van der Waals surface area contributed by atoms with Gasteiger partial charge >= 0.3 is 0 Å². The molecule has 5 rings (SSSR count). The summed E-state index contributed by atoms with van der Waals surface area (Å²) in [5.74, 6) is 2.52. The van der Waals surface area contributed by atoms with Crippen molar-refractivity contribution in [2.75, 3.05) is 0 Å². The first kappa shape index (κ1) is 18.3. The lowest BCUT2D eigenvalue weighted by atomic mass is 10.1. The van der Waals surface area contributed by atoms with Gasteiger partial charge in [-0.05, 0) is 49.2 Å². The summed E-state index contributed by atoms with van der Waals surface area (Å²) in [5.41, 5.74) is 2.55. The molecule has 1 N–H and O–H groups in total. The van der Waals surface area contributed by atoms with Crippen LogP contribution in [0.3, 0.4) is 0 Å². The van der Waals surface area contributed by atoms with Gasteiger partial charge in [0.2, 0.25) is 0 Å². The average Bonchev–Trinajstić information content (AvgIpc) is 3.43. The first-order chi connectivity index (χ1) is 14.8. The summed E-state index contributed by atoms with van der Waals surface area (Å²) in [6, 6.07) is 15.2. The number of nitrogens with zero attached hydrogens (tertiary/aromatic N) is 4. The summed E-state index contributed by atoms with van der Waals surface area (Å²) in [6.07, 6.45) is 7.62. The van der Waals surface area contributed by atoms with Crippen LogP contribution in [-0.2, 0) is 13.0 Å². The molecule has 1 aliphatic heterocycles. The molecule has 0 fully saturated rings. The van der Waals surface area contributed by atoms with Gasteiger partial charge in [-0.1, -0.05) is 12.1 Å². The number of rotatable bonds is 4. The van der Waals surface area contributed by atoms with Crippen molar-refractivity contribution in [1.29, 1.82) is 0 Å². The Kier molecular flexibility index (Phi) is 4.85. The van der Waals surface area contributed by atoms with Crippen LogP contribution in [0, 0.1) is 0 Å². The van der Waals surface area contributed by atoms with Crippen LogP contribution in [0.5, 0.6) is 0 Å². The summed E-state index contributed by atoms with van der Waals surface area (Å²) in [5, 5.41) is 11.9. The van der Waals surface area contributed by atoms with E-state index in [1.54, 1.807) is 18.7 Å². The van der Waals surface area contributed by atoms with Crippen LogP contribution >= 0.6 is 0 Å². The molecule has 0 spiro atoms. The molecule has 30 heavy (non-hydrogen) atoms. The van der Waals surface area contributed by atoms with Crippen LogP contribution in [0.25, 0.3) is 22.7 Å². The van der Waals surface area contributed by atoms with E-state index in [0.717, 1.165) is 54.3 Å². The van der Waals surface area contributed by atoms with Gasteiger partial charge in [0.1, 0.15) is 11.6 Å². The molecule has 0 radical (unpaired) electrons. The number of pyridine rings is 1. The molecule has 1 aromatic carbocycles. The van der Waals surface area contributed by atoms with Crippen molar-refractivity contribution in [3.05, 3.63) is 78.6 Å². The third-order valence-electron chi connectivity index (χ3n) is 5.45. The quantitative estimate of drug-likeness (QED) is 0.565. The number of aryl methyl sites for hydroxylation is 1. The minimum absolute atomic E-state index is 0.0591. The van der Waals surface area contributed by atoms with Gasteiger partial charge in [-0.2, -0.15) is 0 Å². The first-order valence-electron chi connectivity index (χ1n) is 10.1. The minimum Gasteiger partial charge on any atom is -0.464 e. The number of benzene rings is 1. The maximum absolute atomic E-state index is 12.7. The van der Waals surface area contributed by atoms with E-state index in [1.165, 1.54) is 0 Å². The van der Waals surface area contributed by atoms with Gasteiger partial charge < -0.3 is 14.3 Å². The Morgan fingerprint density at radius 1 is 1.03 bits per heavy atom. The molecule has 0 aliphatic carbocycles. The molecule has 0 bridgehead atoms. The SMILES string of the molecule is O=C(NC1CCc2nnc(-c3cccnc3)n2CC1)c1ccc(-c2ccco2)cc1. The lowest BCUT2D eigenvalue weighted by molar-refractivity contribution is 0.0933. The zero-order valence-electron chi connectivity index (χ0n) is 16.4. The van der Waals surface area contributed by atoms with E-state index in [2.05, 4.69) is 25.1 Å². The highest BCUT2D eigenvalue weighted by Crippen LogP contribution is 2.23. The van der Waals surface area contributed by atoms with Gasteiger partial charge in [0.25, 0.3) is 5.91 Å². The fourth-order valence-corrected chi connectivity index (χ4v) is 3.84. The van der Waals surface area contributed by atoms with Crippen molar-refractivity contribution >= 4 is 5.91 Å². The highest BCUT2D eigenvalue weighted by molar-refractivity contribution is 5.94. The van der Waals surface area contributed by atoms with Gasteiger partial charge in [-0.15, -0.1) is 10.2 Å². The second-order valence-corrected chi connectivity index (χ2v) is 7.39. The molecule has 7 nitrogen and oxygen atoms in total. The Hall–Kier alpha value is -3.74. The molecule has 1 unspecified atom stereocenters. The van der Waals surface area contributed by atoms with Gasteiger partial charge in [0.15, 0.2) is 5.82 Å². The van der Waals surface area contributed by atoms with E-state index in [1.807, 2.05) is 48.5 Å². The molecule has 7 heteroatoms. The number of nitrogens with one attached hydrogen (secondary N) is 1. The molecule has 3 aromatic heterocycles. The van der Waals surface area contributed by atoms with Crippen molar-refractivity contribution in [3.63, 3.8) is 0 Å². The third kappa shape index (κ3) is 3.61. The second kappa shape index (κ2) is 7.94. The first-order valence-corrected chi connectivity index (χ1v) is 10.1. The number of aromatic nitrogens is 4. The van der Waals surface area contributed by atoms with Gasteiger partial charge in [0, 0.05) is 48.1 Å². The molecule has 4 heterocycles. The average molecular weight is 399 g/mol. The summed E-state index contributed by atoms with van der Waals surface area (Å²) in [4.78, 5) is 16.9. The second-order valence-electron chi connectivity index (χ2n) is 7.39. The van der Waals surface area contributed by atoms with Crippen LogP contribution in [-0.4, -0.2) is 31.7 Å². The molecule has 1 atom stereocenters. The zero-order valence-corrected chi connectivity index (χ0v) is 16.4. The van der Waals surface area contributed by atoms with Crippen molar-refractivity contribution < 1.29 is 9.21 Å². The molecular weight excluding hydrogens is 378 g/mol. The summed E-state index contributed by atoms with van der Waals surface area (Å²) < 4.78 is 7.54. The maximum Gasteiger partial charge on any atom is 0.251 e. The van der Waals surface area contributed by atoms with Crippen LogP contribution in [0.2, 0.25) is 0 Å². The maximum atomic E-state index is 12.7. The van der Waals surface area contributed by atoms with Crippen molar-refractivity contribution in [3.8, 4) is 22.7 Å². The fraction of sp³-hybridized carbons (Fsp3) is 0.217. The minimum atomic E-state index is -0.0591. The third-order valence-corrected chi connectivity index (χ3v) is 5.45. The van der Waals surface area contributed by atoms with Crippen molar-refractivity contribution in [2.24, 2.45) is 0 Å². The monoisotopic (exact) mass is 399 g/mol. The highest BCUT2D eigenvalue weighted by Gasteiger charge is 2.22. The van der Waals surface area contributed by atoms with Crippen LogP contribution in [0.1, 0.15) is 29.0 Å². The topological polar surface area (TPSA) is 85.8 Å². The van der Waals surface area contributed by atoms with Gasteiger partial charge in [-0.25, -0.2) is 0 Å². The van der Waals surface area contributed by atoms with Crippen molar-refractivity contribution in [2.45, 2.75) is 31.8 Å². The number of carbonyl (C=O) groups is 1. The summed E-state index contributed by atoms with van der Waals surface area (Å²) in [7, 11) is 0. The van der Waals surface area contributed by atoms with E-state index >= 15 is 0 Å². The van der Waals surface area contributed by atoms with E-state index in [0.29, 0.717) is 5.56 Å². The smallest absolute Gasteiger partial charge is 0.251 e. The van der Waals surface area contributed by atoms with E-state index < -0.39 is 0 Å². The number of fused-ring (bicyclic) bond motifs is 1. The molecule has 1 amide bonds. The van der Waals surface area contributed by atoms with Gasteiger partial charge in [0.05, 0.1) is 6.26 Å². The molecular formula is C23H21N5O2. The molecule has 0 saturated heterocycles. The Morgan fingerprint density at radius 2 is 1.93 bits per heavy atom. The Labute approximate surface area is 173 Å². The van der Waals surface area contributed by atoms with E-state index in [9.17, 15) is 4.79 Å². The Balaban J connectivity index is 1.25.